The summed E-state index contributed by atoms with van der Waals surface area (Å²) in [5, 5.41) is 0. The molecule has 2 aromatic rings. The monoisotopic (exact) mass is 324 g/mol. The Morgan fingerprint density at radius 3 is 3.11 bits per heavy atom. The van der Waals surface area contributed by atoms with E-state index < -0.39 is 0 Å². The van der Waals surface area contributed by atoms with Crippen LogP contribution in [0.15, 0.2) is 26.0 Å². The molecule has 0 amide bonds. The van der Waals surface area contributed by atoms with E-state index in [0.717, 1.165) is 24.4 Å². The van der Waals surface area contributed by atoms with Crippen molar-refractivity contribution in [3.63, 3.8) is 0 Å². The first kappa shape index (κ1) is 12.4. The summed E-state index contributed by atoms with van der Waals surface area (Å²) in [4.78, 5) is 20.7. The maximum absolute atomic E-state index is 11.9. The number of H-pyrrole nitrogens is 1. The molecule has 0 aromatic carbocycles. The van der Waals surface area contributed by atoms with Gasteiger partial charge in [-0.05, 0) is 28.1 Å². The molecule has 0 saturated heterocycles. The molecule has 7 heteroatoms. The SMILES string of the molecule is Nc1nc2c(c(=O)[nH]1)CN(Cc1ccc(Br)o1)CC2. The first-order valence-electron chi connectivity index (χ1n) is 5.96. The third-order valence-electron chi connectivity index (χ3n) is 3.17. The molecule has 3 rings (SSSR count). The van der Waals surface area contributed by atoms with E-state index >= 15 is 0 Å². The molecule has 19 heavy (non-hydrogen) atoms. The van der Waals surface area contributed by atoms with Crippen molar-refractivity contribution in [2.24, 2.45) is 0 Å². The fourth-order valence-electron chi connectivity index (χ4n) is 2.29. The summed E-state index contributed by atoms with van der Waals surface area (Å²) in [7, 11) is 0. The molecule has 0 radical (unpaired) electrons. The van der Waals surface area contributed by atoms with E-state index in [9.17, 15) is 4.79 Å². The number of nitrogens with one attached hydrogen (secondary N) is 1. The van der Waals surface area contributed by atoms with Gasteiger partial charge in [0.15, 0.2) is 4.67 Å². The number of nitrogen functional groups attached to an aromatic ring is 1. The highest BCUT2D eigenvalue weighted by Crippen LogP contribution is 2.19. The van der Waals surface area contributed by atoms with Crippen LogP contribution in [0.25, 0.3) is 0 Å². The number of nitrogens with two attached hydrogens (primary N) is 1. The van der Waals surface area contributed by atoms with Gasteiger partial charge in [-0.3, -0.25) is 14.7 Å². The Balaban J connectivity index is 1.80. The van der Waals surface area contributed by atoms with E-state index in [-0.39, 0.29) is 11.5 Å². The van der Waals surface area contributed by atoms with Crippen LogP contribution in [0.4, 0.5) is 5.95 Å². The van der Waals surface area contributed by atoms with Crippen molar-refractivity contribution in [3.8, 4) is 0 Å². The van der Waals surface area contributed by atoms with Crippen LogP contribution in [0.2, 0.25) is 0 Å². The number of halogens is 1. The molecule has 1 aliphatic heterocycles. The predicted octanol–water partition coefficient (Wildman–Crippen LogP) is 1.27. The zero-order valence-electron chi connectivity index (χ0n) is 10.1. The zero-order chi connectivity index (χ0) is 13.4. The Bertz CT molecular complexity index is 664. The Labute approximate surface area is 117 Å². The van der Waals surface area contributed by atoms with Crippen LogP contribution in [-0.4, -0.2) is 21.4 Å². The number of furan rings is 1. The molecule has 3 heterocycles. The molecule has 6 nitrogen and oxygen atoms in total. The first-order chi connectivity index (χ1) is 9.11. The van der Waals surface area contributed by atoms with Gasteiger partial charge < -0.3 is 10.2 Å². The second-order valence-electron chi connectivity index (χ2n) is 4.54. The summed E-state index contributed by atoms with van der Waals surface area (Å²) in [5.74, 6) is 1.06. The molecule has 0 aliphatic carbocycles. The van der Waals surface area contributed by atoms with Gasteiger partial charge in [0.2, 0.25) is 5.95 Å². The van der Waals surface area contributed by atoms with Crippen molar-refractivity contribution in [2.45, 2.75) is 19.5 Å². The molecular weight excluding hydrogens is 312 g/mol. The Kier molecular flexibility index (Phi) is 3.16. The van der Waals surface area contributed by atoms with Crippen LogP contribution in [-0.2, 0) is 19.5 Å². The molecule has 0 spiro atoms. The standard InChI is InChI=1S/C12H13BrN4O2/c13-10-2-1-7(19-10)5-17-4-3-9-8(6-17)11(18)16-12(14)15-9/h1-2H,3-6H2,(H3,14,15,16,18). The van der Waals surface area contributed by atoms with Gasteiger partial charge in [0, 0.05) is 19.5 Å². The number of aromatic nitrogens is 2. The van der Waals surface area contributed by atoms with Crippen molar-refractivity contribution in [3.05, 3.63) is 44.2 Å². The summed E-state index contributed by atoms with van der Waals surface area (Å²) in [6.45, 7) is 2.08. The fraction of sp³-hybridized carbons (Fsp3) is 0.333. The van der Waals surface area contributed by atoms with Gasteiger partial charge in [-0.1, -0.05) is 0 Å². The van der Waals surface area contributed by atoms with Gasteiger partial charge in [-0.2, -0.15) is 0 Å². The van der Waals surface area contributed by atoms with Gasteiger partial charge >= 0.3 is 0 Å². The van der Waals surface area contributed by atoms with E-state index in [4.69, 9.17) is 10.2 Å². The highest BCUT2D eigenvalue weighted by molar-refractivity contribution is 9.10. The van der Waals surface area contributed by atoms with E-state index in [2.05, 4.69) is 30.8 Å². The van der Waals surface area contributed by atoms with Crippen LogP contribution < -0.4 is 11.3 Å². The smallest absolute Gasteiger partial charge is 0.257 e. The van der Waals surface area contributed by atoms with E-state index in [1.165, 1.54) is 0 Å². The lowest BCUT2D eigenvalue weighted by Crippen LogP contribution is -2.35. The summed E-state index contributed by atoms with van der Waals surface area (Å²) in [5.41, 5.74) is 6.90. The molecule has 0 atom stereocenters. The molecule has 0 saturated carbocycles. The van der Waals surface area contributed by atoms with Gasteiger partial charge in [0.25, 0.3) is 5.56 Å². The fourth-order valence-corrected chi connectivity index (χ4v) is 2.63. The molecule has 0 unspecified atom stereocenters. The van der Waals surface area contributed by atoms with Crippen LogP contribution >= 0.6 is 15.9 Å². The Morgan fingerprint density at radius 1 is 1.53 bits per heavy atom. The van der Waals surface area contributed by atoms with E-state index in [1.807, 2.05) is 12.1 Å². The molecule has 2 aromatic heterocycles. The largest absolute Gasteiger partial charge is 0.453 e. The van der Waals surface area contributed by atoms with Crippen LogP contribution in [0, 0.1) is 0 Å². The van der Waals surface area contributed by atoms with Crippen LogP contribution in [0.5, 0.6) is 0 Å². The van der Waals surface area contributed by atoms with Crippen molar-refractivity contribution < 1.29 is 4.42 Å². The highest BCUT2D eigenvalue weighted by atomic mass is 79.9. The van der Waals surface area contributed by atoms with Crippen molar-refractivity contribution in [1.29, 1.82) is 0 Å². The van der Waals surface area contributed by atoms with Crippen LogP contribution in [0.1, 0.15) is 17.0 Å². The minimum Gasteiger partial charge on any atom is -0.453 e. The molecule has 0 fully saturated rings. The average molecular weight is 325 g/mol. The lowest BCUT2D eigenvalue weighted by molar-refractivity contribution is 0.221. The van der Waals surface area contributed by atoms with E-state index in [0.29, 0.717) is 23.3 Å². The van der Waals surface area contributed by atoms with Gasteiger partial charge in [0.05, 0.1) is 17.8 Å². The van der Waals surface area contributed by atoms with E-state index in [1.54, 1.807) is 0 Å². The normalized spacial score (nSPS) is 15.4. The maximum atomic E-state index is 11.9. The van der Waals surface area contributed by atoms with Crippen molar-refractivity contribution in [2.75, 3.05) is 12.3 Å². The summed E-state index contributed by atoms with van der Waals surface area (Å²) in [6, 6.07) is 3.79. The van der Waals surface area contributed by atoms with Gasteiger partial charge in [-0.25, -0.2) is 4.98 Å². The number of hydrogen-bond acceptors (Lipinski definition) is 5. The predicted molar refractivity (Wildman–Crippen MR) is 73.5 cm³/mol. The zero-order valence-corrected chi connectivity index (χ0v) is 11.7. The number of aromatic amines is 1. The van der Waals surface area contributed by atoms with Crippen LogP contribution in [0.3, 0.4) is 0 Å². The number of nitrogens with zero attached hydrogens (tertiary/aromatic N) is 2. The number of anilines is 1. The summed E-state index contributed by atoms with van der Waals surface area (Å²) in [6.07, 6.45) is 0.728. The number of hydrogen-bond donors (Lipinski definition) is 2. The van der Waals surface area contributed by atoms with Crippen molar-refractivity contribution >= 4 is 21.9 Å². The van der Waals surface area contributed by atoms with Gasteiger partial charge in [-0.15, -0.1) is 0 Å². The topological polar surface area (TPSA) is 88.1 Å². The second-order valence-corrected chi connectivity index (χ2v) is 5.32. The number of rotatable bonds is 2. The minimum absolute atomic E-state index is 0.146. The number of fused-ring (bicyclic) bond motifs is 1. The average Bonchev–Trinajstić information content (AvgIpc) is 2.75. The lowest BCUT2D eigenvalue weighted by atomic mass is 10.1. The molecule has 1 aliphatic rings. The Hall–Kier alpha value is -1.60. The first-order valence-corrected chi connectivity index (χ1v) is 6.75. The van der Waals surface area contributed by atoms with Gasteiger partial charge in [0.1, 0.15) is 5.76 Å². The molecule has 0 bridgehead atoms. The van der Waals surface area contributed by atoms with Crippen molar-refractivity contribution in [1.82, 2.24) is 14.9 Å². The molecule has 3 N–H and O–H groups in total. The second kappa shape index (κ2) is 4.82. The maximum Gasteiger partial charge on any atom is 0.257 e. The highest BCUT2D eigenvalue weighted by Gasteiger charge is 2.21. The lowest BCUT2D eigenvalue weighted by Gasteiger charge is -2.26. The minimum atomic E-state index is -0.146. The molecule has 100 valence electrons. The quantitative estimate of drug-likeness (QED) is 0.868. The third kappa shape index (κ3) is 2.57. The third-order valence-corrected chi connectivity index (χ3v) is 3.60. The summed E-state index contributed by atoms with van der Waals surface area (Å²) < 4.78 is 6.19. The summed E-state index contributed by atoms with van der Waals surface area (Å²) >= 11 is 3.28. The Morgan fingerprint density at radius 2 is 2.37 bits per heavy atom. The molecular formula is C12H13BrN4O2.